The van der Waals surface area contributed by atoms with Crippen LogP contribution in [0.2, 0.25) is 5.02 Å². The molecule has 0 amide bonds. The maximum atomic E-state index is 8.49. The molecule has 1 aliphatic heterocycles. The first-order chi connectivity index (χ1) is 9.61. The number of halogens is 1. The van der Waals surface area contributed by atoms with Crippen LogP contribution in [0.5, 0.6) is 5.75 Å². The molecule has 0 saturated carbocycles. The third-order valence-electron chi connectivity index (χ3n) is 3.34. The molecule has 2 heterocycles. The van der Waals surface area contributed by atoms with Crippen molar-refractivity contribution in [2.45, 2.75) is 18.9 Å². The molecule has 0 aliphatic carbocycles. The highest BCUT2D eigenvalue weighted by Gasteiger charge is 2.36. The Morgan fingerprint density at radius 2 is 2.40 bits per heavy atom. The fourth-order valence-corrected chi connectivity index (χ4v) is 3.39. The van der Waals surface area contributed by atoms with Gasteiger partial charge in [0.1, 0.15) is 11.4 Å². The van der Waals surface area contributed by atoms with Crippen molar-refractivity contribution in [3.05, 3.63) is 50.0 Å². The van der Waals surface area contributed by atoms with Crippen molar-refractivity contribution in [2.24, 2.45) is 5.11 Å². The summed E-state index contributed by atoms with van der Waals surface area (Å²) in [4.78, 5) is 2.82. The molecule has 2 aromatic rings. The number of nitrogens with zero attached hydrogens (tertiary/aromatic N) is 3. The lowest BCUT2D eigenvalue weighted by Crippen LogP contribution is -2.33. The molecule has 1 aromatic carbocycles. The van der Waals surface area contributed by atoms with Crippen molar-refractivity contribution in [3.63, 3.8) is 0 Å². The lowest BCUT2D eigenvalue weighted by molar-refractivity contribution is 0.126. The zero-order valence-corrected chi connectivity index (χ0v) is 12.4. The predicted molar refractivity (Wildman–Crippen MR) is 81.5 cm³/mol. The van der Waals surface area contributed by atoms with Crippen molar-refractivity contribution in [2.75, 3.05) is 6.54 Å². The number of rotatable bonds is 3. The van der Waals surface area contributed by atoms with Crippen LogP contribution in [-0.2, 0) is 6.42 Å². The van der Waals surface area contributed by atoms with Gasteiger partial charge in [0.25, 0.3) is 0 Å². The van der Waals surface area contributed by atoms with Gasteiger partial charge >= 0.3 is 0 Å². The van der Waals surface area contributed by atoms with Crippen molar-refractivity contribution in [3.8, 4) is 16.9 Å². The van der Waals surface area contributed by atoms with E-state index in [4.69, 9.17) is 21.9 Å². The molecule has 0 N–H and O–H groups in total. The van der Waals surface area contributed by atoms with Gasteiger partial charge in [-0.1, -0.05) is 16.7 Å². The Hall–Kier alpha value is -1.68. The predicted octanol–water partition coefficient (Wildman–Crippen LogP) is 5.07. The summed E-state index contributed by atoms with van der Waals surface area (Å²) in [5.74, 6) is 0.850. The van der Waals surface area contributed by atoms with E-state index in [2.05, 4.69) is 15.4 Å². The minimum Gasteiger partial charge on any atom is -0.486 e. The van der Waals surface area contributed by atoms with Gasteiger partial charge in [-0.2, -0.15) is 11.3 Å². The number of azide groups is 1. The van der Waals surface area contributed by atoms with Gasteiger partial charge in [0, 0.05) is 27.5 Å². The molecule has 1 aromatic heterocycles. The fourth-order valence-electron chi connectivity index (χ4n) is 2.49. The second-order valence-electron chi connectivity index (χ2n) is 5.07. The van der Waals surface area contributed by atoms with E-state index in [1.807, 2.05) is 30.5 Å². The molecule has 102 valence electrons. The molecular formula is C14H12ClN3OS. The summed E-state index contributed by atoms with van der Waals surface area (Å²) in [6, 6.07) is 5.89. The van der Waals surface area contributed by atoms with Crippen molar-refractivity contribution in [1.29, 1.82) is 0 Å². The number of thiophene rings is 1. The van der Waals surface area contributed by atoms with E-state index >= 15 is 0 Å². The monoisotopic (exact) mass is 305 g/mol. The molecule has 1 aliphatic rings. The molecular weight excluding hydrogens is 294 g/mol. The van der Waals surface area contributed by atoms with Gasteiger partial charge in [0.15, 0.2) is 0 Å². The summed E-state index contributed by atoms with van der Waals surface area (Å²) < 4.78 is 6.09. The van der Waals surface area contributed by atoms with Gasteiger partial charge < -0.3 is 4.74 Å². The van der Waals surface area contributed by atoms with Crippen LogP contribution in [0.25, 0.3) is 21.6 Å². The number of fused-ring (bicyclic) bond motifs is 1. The van der Waals surface area contributed by atoms with Crippen molar-refractivity contribution < 1.29 is 4.74 Å². The molecule has 0 spiro atoms. The first kappa shape index (κ1) is 13.3. The Labute approximate surface area is 125 Å². The van der Waals surface area contributed by atoms with Crippen LogP contribution in [0, 0.1) is 0 Å². The van der Waals surface area contributed by atoms with Gasteiger partial charge in [-0.3, -0.25) is 0 Å². The molecule has 0 radical (unpaired) electrons. The Kier molecular flexibility index (Phi) is 3.34. The van der Waals surface area contributed by atoms with Crippen LogP contribution in [0.3, 0.4) is 0 Å². The topological polar surface area (TPSA) is 58.0 Å². The third kappa shape index (κ3) is 2.36. The van der Waals surface area contributed by atoms with Gasteiger partial charge in [0.05, 0.1) is 6.54 Å². The zero-order valence-electron chi connectivity index (χ0n) is 10.8. The Balaban J connectivity index is 2.05. The Bertz CT molecular complexity index is 695. The fraction of sp³-hybridized carbons (Fsp3) is 0.286. The van der Waals surface area contributed by atoms with Crippen molar-refractivity contribution in [1.82, 2.24) is 0 Å². The molecule has 0 bridgehead atoms. The SMILES string of the molecule is CC1(CN=[N+]=[N-])Cc2cc(Cl)cc(-c3ccsc3)c2O1. The molecule has 1 atom stereocenters. The summed E-state index contributed by atoms with van der Waals surface area (Å²) >= 11 is 7.84. The van der Waals surface area contributed by atoms with E-state index in [9.17, 15) is 0 Å². The number of hydrogen-bond donors (Lipinski definition) is 0. The van der Waals surface area contributed by atoms with E-state index in [-0.39, 0.29) is 0 Å². The van der Waals surface area contributed by atoms with Crippen LogP contribution < -0.4 is 4.74 Å². The molecule has 4 nitrogen and oxygen atoms in total. The number of benzene rings is 1. The van der Waals surface area contributed by atoms with Crippen molar-refractivity contribution >= 4 is 22.9 Å². The normalized spacial score (nSPS) is 20.1. The van der Waals surface area contributed by atoms with Gasteiger partial charge in [0.2, 0.25) is 0 Å². The average molecular weight is 306 g/mol. The maximum Gasteiger partial charge on any atom is 0.131 e. The standard InChI is InChI=1S/C14H12ClN3OS/c1-14(8-17-18-16)6-10-4-11(15)5-12(13(10)19-14)9-2-3-20-7-9/h2-5,7H,6,8H2,1H3. The van der Waals surface area contributed by atoms with Crippen LogP contribution in [0.1, 0.15) is 12.5 Å². The highest BCUT2D eigenvalue weighted by atomic mass is 35.5. The molecule has 0 fully saturated rings. The maximum absolute atomic E-state index is 8.49. The van der Waals surface area contributed by atoms with Gasteiger partial charge in [-0.05, 0) is 47.0 Å². The quantitative estimate of drug-likeness (QED) is 0.443. The van der Waals surface area contributed by atoms with Crippen LogP contribution in [0.4, 0.5) is 0 Å². The summed E-state index contributed by atoms with van der Waals surface area (Å²) in [5, 5.41) is 8.44. The smallest absolute Gasteiger partial charge is 0.131 e. The Morgan fingerprint density at radius 3 is 3.10 bits per heavy atom. The first-order valence-electron chi connectivity index (χ1n) is 6.16. The lowest BCUT2D eigenvalue weighted by Gasteiger charge is -2.21. The Morgan fingerprint density at radius 1 is 1.55 bits per heavy atom. The lowest BCUT2D eigenvalue weighted by atomic mass is 9.97. The summed E-state index contributed by atoms with van der Waals surface area (Å²) in [6.45, 7) is 2.26. The summed E-state index contributed by atoms with van der Waals surface area (Å²) in [6.07, 6.45) is 0.694. The van der Waals surface area contributed by atoms with E-state index < -0.39 is 5.60 Å². The number of ether oxygens (including phenoxy) is 1. The second-order valence-corrected chi connectivity index (χ2v) is 6.29. The highest BCUT2D eigenvalue weighted by molar-refractivity contribution is 7.08. The summed E-state index contributed by atoms with van der Waals surface area (Å²) in [7, 11) is 0. The largest absolute Gasteiger partial charge is 0.486 e. The average Bonchev–Trinajstić information content (AvgIpc) is 3.02. The molecule has 20 heavy (non-hydrogen) atoms. The molecule has 3 rings (SSSR count). The molecule has 1 unspecified atom stereocenters. The third-order valence-corrected chi connectivity index (χ3v) is 4.25. The van der Waals surface area contributed by atoms with E-state index in [0.29, 0.717) is 18.0 Å². The number of hydrogen-bond acceptors (Lipinski definition) is 3. The molecule has 6 heteroatoms. The van der Waals surface area contributed by atoms with E-state index in [1.165, 1.54) is 0 Å². The second kappa shape index (κ2) is 5.02. The zero-order chi connectivity index (χ0) is 14.2. The van der Waals surface area contributed by atoms with E-state index in [0.717, 1.165) is 22.4 Å². The van der Waals surface area contributed by atoms with E-state index in [1.54, 1.807) is 11.3 Å². The minimum absolute atomic E-state index is 0.304. The summed E-state index contributed by atoms with van der Waals surface area (Å²) in [5.41, 5.74) is 11.2. The van der Waals surface area contributed by atoms with Crippen LogP contribution >= 0.6 is 22.9 Å². The first-order valence-corrected chi connectivity index (χ1v) is 7.48. The van der Waals surface area contributed by atoms with Crippen LogP contribution in [0.15, 0.2) is 34.1 Å². The molecule has 0 saturated heterocycles. The van der Waals surface area contributed by atoms with Crippen LogP contribution in [-0.4, -0.2) is 12.1 Å². The van der Waals surface area contributed by atoms with Gasteiger partial charge in [-0.25, -0.2) is 0 Å². The van der Waals surface area contributed by atoms with Gasteiger partial charge in [-0.15, -0.1) is 0 Å². The highest BCUT2D eigenvalue weighted by Crippen LogP contribution is 2.44. The minimum atomic E-state index is -0.496.